The highest BCUT2D eigenvalue weighted by molar-refractivity contribution is 14.1. The maximum atomic E-state index is 10.9. The van der Waals surface area contributed by atoms with E-state index in [1.165, 1.54) is 6.07 Å². The number of nitro groups is 1. The number of hydrogen-bond acceptors (Lipinski definition) is 5. The van der Waals surface area contributed by atoms with E-state index in [1.54, 1.807) is 23.0 Å². The molecule has 0 aliphatic heterocycles. The SMILES string of the molecule is NNc1ccc(Cn2cc(I)cn2)cc1[N+](=O)[O-]. The minimum atomic E-state index is -0.467. The van der Waals surface area contributed by atoms with Crippen molar-refractivity contribution in [3.05, 3.63) is 49.8 Å². The van der Waals surface area contributed by atoms with Crippen molar-refractivity contribution in [2.75, 3.05) is 5.43 Å². The standard InChI is InChI=1S/C10H10IN5O2/c11-8-4-13-15(6-8)5-7-1-2-9(14-12)10(3-7)16(17)18/h1-4,6,14H,5,12H2. The fourth-order valence-corrected chi connectivity index (χ4v) is 2.01. The van der Waals surface area contributed by atoms with Crippen LogP contribution in [0.25, 0.3) is 0 Å². The zero-order valence-corrected chi connectivity index (χ0v) is 11.4. The molecule has 0 radical (unpaired) electrons. The molecule has 0 atom stereocenters. The monoisotopic (exact) mass is 359 g/mol. The van der Waals surface area contributed by atoms with Gasteiger partial charge in [0.2, 0.25) is 0 Å². The minimum absolute atomic E-state index is 0.0446. The van der Waals surface area contributed by atoms with Crippen LogP contribution in [0.4, 0.5) is 11.4 Å². The van der Waals surface area contributed by atoms with Gasteiger partial charge in [0.1, 0.15) is 5.69 Å². The predicted octanol–water partition coefficient (Wildman–Crippen LogP) is 1.73. The van der Waals surface area contributed by atoms with Crippen molar-refractivity contribution < 1.29 is 4.92 Å². The van der Waals surface area contributed by atoms with Crippen molar-refractivity contribution in [1.29, 1.82) is 0 Å². The molecule has 2 rings (SSSR count). The van der Waals surface area contributed by atoms with Gasteiger partial charge in [-0.1, -0.05) is 6.07 Å². The minimum Gasteiger partial charge on any atom is -0.318 e. The Kier molecular flexibility index (Phi) is 3.77. The third kappa shape index (κ3) is 2.76. The van der Waals surface area contributed by atoms with E-state index in [9.17, 15) is 10.1 Å². The Hall–Kier alpha value is -1.68. The molecule has 0 spiro atoms. The van der Waals surface area contributed by atoms with Crippen molar-refractivity contribution >= 4 is 34.0 Å². The Balaban J connectivity index is 2.29. The summed E-state index contributed by atoms with van der Waals surface area (Å²) in [7, 11) is 0. The molecule has 0 aliphatic rings. The largest absolute Gasteiger partial charge is 0.318 e. The number of hydrogen-bond donors (Lipinski definition) is 2. The molecule has 0 unspecified atom stereocenters. The number of halogens is 1. The van der Waals surface area contributed by atoms with E-state index in [4.69, 9.17) is 5.84 Å². The van der Waals surface area contributed by atoms with Crippen molar-refractivity contribution in [1.82, 2.24) is 9.78 Å². The lowest BCUT2D eigenvalue weighted by atomic mass is 10.1. The number of nitrogens with zero attached hydrogens (tertiary/aromatic N) is 3. The number of benzene rings is 1. The van der Waals surface area contributed by atoms with Gasteiger partial charge in [0.25, 0.3) is 5.69 Å². The number of nitrogens with two attached hydrogens (primary N) is 1. The first-order chi connectivity index (χ1) is 8.60. The van der Waals surface area contributed by atoms with E-state index in [-0.39, 0.29) is 5.69 Å². The molecular formula is C10H10IN5O2. The first kappa shape index (κ1) is 12.8. The lowest BCUT2D eigenvalue weighted by molar-refractivity contribution is -0.384. The zero-order valence-electron chi connectivity index (χ0n) is 9.21. The molecule has 0 aliphatic carbocycles. The molecular weight excluding hydrogens is 349 g/mol. The number of nitrogen functional groups attached to an aromatic ring is 1. The van der Waals surface area contributed by atoms with Crippen molar-refractivity contribution in [2.24, 2.45) is 5.84 Å². The molecule has 18 heavy (non-hydrogen) atoms. The van der Waals surface area contributed by atoms with Gasteiger partial charge in [-0.15, -0.1) is 0 Å². The van der Waals surface area contributed by atoms with Gasteiger partial charge in [-0.25, -0.2) is 0 Å². The highest BCUT2D eigenvalue weighted by atomic mass is 127. The van der Waals surface area contributed by atoms with Crippen LogP contribution >= 0.6 is 22.6 Å². The second-order valence-electron chi connectivity index (χ2n) is 3.61. The molecule has 3 N–H and O–H groups in total. The fourth-order valence-electron chi connectivity index (χ4n) is 1.56. The summed E-state index contributed by atoms with van der Waals surface area (Å²) in [5.74, 6) is 5.22. The summed E-state index contributed by atoms with van der Waals surface area (Å²) in [4.78, 5) is 10.4. The number of hydrazine groups is 1. The summed E-state index contributed by atoms with van der Waals surface area (Å²) in [6.45, 7) is 0.481. The summed E-state index contributed by atoms with van der Waals surface area (Å²) in [6, 6.07) is 4.85. The number of nitro benzene ring substituents is 1. The zero-order chi connectivity index (χ0) is 13.1. The van der Waals surface area contributed by atoms with E-state index in [0.29, 0.717) is 12.2 Å². The second kappa shape index (κ2) is 5.31. The summed E-state index contributed by atoms with van der Waals surface area (Å²) in [6.07, 6.45) is 3.59. The van der Waals surface area contributed by atoms with Crippen LogP contribution in [-0.2, 0) is 6.54 Å². The summed E-state index contributed by atoms with van der Waals surface area (Å²) < 4.78 is 2.73. The van der Waals surface area contributed by atoms with Gasteiger partial charge >= 0.3 is 0 Å². The Bertz CT molecular complexity index is 583. The average molecular weight is 359 g/mol. The van der Waals surface area contributed by atoms with Crippen LogP contribution in [0.3, 0.4) is 0 Å². The summed E-state index contributed by atoms with van der Waals surface area (Å²) in [5.41, 5.74) is 3.34. The summed E-state index contributed by atoms with van der Waals surface area (Å²) in [5, 5.41) is 15.0. The number of anilines is 1. The quantitative estimate of drug-likeness (QED) is 0.375. The van der Waals surface area contributed by atoms with Gasteiger partial charge in [0, 0.05) is 12.3 Å². The van der Waals surface area contributed by atoms with Crippen LogP contribution in [0.15, 0.2) is 30.6 Å². The molecule has 8 heteroatoms. The molecule has 2 aromatic rings. The van der Waals surface area contributed by atoms with Crippen molar-refractivity contribution in [3.8, 4) is 0 Å². The molecule has 0 saturated heterocycles. The Morgan fingerprint density at radius 2 is 2.33 bits per heavy atom. The molecule has 0 fully saturated rings. The Morgan fingerprint density at radius 1 is 1.56 bits per heavy atom. The van der Waals surface area contributed by atoms with Crippen LogP contribution in [0.5, 0.6) is 0 Å². The highest BCUT2D eigenvalue weighted by Crippen LogP contribution is 2.24. The third-order valence-electron chi connectivity index (χ3n) is 2.36. The number of rotatable bonds is 4. The van der Waals surface area contributed by atoms with Gasteiger partial charge in [0.15, 0.2) is 0 Å². The molecule has 7 nitrogen and oxygen atoms in total. The van der Waals surface area contributed by atoms with Crippen molar-refractivity contribution in [2.45, 2.75) is 6.54 Å². The van der Waals surface area contributed by atoms with E-state index >= 15 is 0 Å². The molecule has 1 aromatic heterocycles. The maximum Gasteiger partial charge on any atom is 0.293 e. The van der Waals surface area contributed by atoms with E-state index in [2.05, 4.69) is 33.1 Å². The second-order valence-corrected chi connectivity index (χ2v) is 4.85. The van der Waals surface area contributed by atoms with E-state index in [0.717, 1.165) is 9.13 Å². The normalized spacial score (nSPS) is 10.3. The van der Waals surface area contributed by atoms with E-state index in [1.807, 2.05) is 6.20 Å². The van der Waals surface area contributed by atoms with E-state index < -0.39 is 4.92 Å². The third-order valence-corrected chi connectivity index (χ3v) is 2.92. The van der Waals surface area contributed by atoms with Crippen LogP contribution in [-0.4, -0.2) is 14.7 Å². The Labute approximate surface area is 116 Å². The van der Waals surface area contributed by atoms with Gasteiger partial charge in [-0.2, -0.15) is 5.10 Å². The highest BCUT2D eigenvalue weighted by Gasteiger charge is 2.13. The number of aromatic nitrogens is 2. The van der Waals surface area contributed by atoms with Crippen LogP contribution in [0.1, 0.15) is 5.56 Å². The molecule has 0 saturated carbocycles. The molecule has 0 bridgehead atoms. The molecule has 1 aromatic carbocycles. The lowest BCUT2D eigenvalue weighted by Gasteiger charge is -2.05. The molecule has 0 amide bonds. The topological polar surface area (TPSA) is 99.0 Å². The van der Waals surface area contributed by atoms with Gasteiger partial charge in [0.05, 0.1) is 21.2 Å². The molecule has 1 heterocycles. The number of nitrogens with one attached hydrogen (secondary N) is 1. The lowest BCUT2D eigenvalue weighted by Crippen LogP contribution is -2.09. The Morgan fingerprint density at radius 3 is 2.89 bits per heavy atom. The molecule has 94 valence electrons. The fraction of sp³-hybridized carbons (Fsp3) is 0.100. The van der Waals surface area contributed by atoms with Gasteiger partial charge < -0.3 is 5.43 Å². The maximum absolute atomic E-state index is 10.9. The summed E-state index contributed by atoms with van der Waals surface area (Å²) >= 11 is 2.15. The van der Waals surface area contributed by atoms with Crippen LogP contribution in [0.2, 0.25) is 0 Å². The predicted molar refractivity (Wildman–Crippen MR) is 75.0 cm³/mol. The van der Waals surface area contributed by atoms with Crippen molar-refractivity contribution in [3.63, 3.8) is 0 Å². The average Bonchev–Trinajstić information content (AvgIpc) is 2.74. The smallest absolute Gasteiger partial charge is 0.293 e. The van der Waals surface area contributed by atoms with Crippen LogP contribution in [0, 0.1) is 13.7 Å². The first-order valence-electron chi connectivity index (χ1n) is 5.02. The first-order valence-corrected chi connectivity index (χ1v) is 6.10. The van der Waals surface area contributed by atoms with Gasteiger partial charge in [-0.05, 0) is 34.2 Å². The van der Waals surface area contributed by atoms with Crippen LogP contribution < -0.4 is 11.3 Å². The van der Waals surface area contributed by atoms with Gasteiger partial charge in [-0.3, -0.25) is 20.6 Å².